The largest absolute Gasteiger partial charge is 0.483 e. The van der Waals surface area contributed by atoms with E-state index >= 15 is 0 Å². The zero-order chi connectivity index (χ0) is 18.6. The second-order valence-electron chi connectivity index (χ2n) is 6.27. The predicted octanol–water partition coefficient (Wildman–Crippen LogP) is 1.17. The van der Waals surface area contributed by atoms with Crippen LogP contribution in [-0.4, -0.2) is 43.3 Å². The Morgan fingerprint density at radius 3 is 2.72 bits per heavy atom. The third kappa shape index (κ3) is 4.85. The molecule has 0 aliphatic carbocycles. The van der Waals surface area contributed by atoms with Crippen LogP contribution < -0.4 is 20.1 Å². The van der Waals surface area contributed by atoms with E-state index in [1.165, 1.54) is 14.0 Å². The van der Waals surface area contributed by atoms with E-state index < -0.39 is 24.0 Å². The molecule has 1 aliphatic heterocycles. The molecule has 0 radical (unpaired) electrons. The Morgan fingerprint density at radius 2 is 2.04 bits per heavy atom. The van der Waals surface area contributed by atoms with Gasteiger partial charge in [0.05, 0.1) is 0 Å². The number of esters is 1. The Morgan fingerprint density at radius 1 is 1.32 bits per heavy atom. The van der Waals surface area contributed by atoms with Crippen molar-refractivity contribution in [1.82, 2.24) is 10.6 Å². The fraction of sp³-hybridized carbons (Fsp3) is 0.471. The fourth-order valence-corrected chi connectivity index (χ4v) is 2.40. The van der Waals surface area contributed by atoms with E-state index in [9.17, 15) is 14.4 Å². The van der Waals surface area contributed by atoms with Crippen LogP contribution in [0.25, 0.3) is 0 Å². The van der Waals surface area contributed by atoms with E-state index in [2.05, 4.69) is 5.32 Å². The number of urea groups is 1. The number of amides is 3. The molecule has 25 heavy (non-hydrogen) atoms. The van der Waals surface area contributed by atoms with Gasteiger partial charge in [-0.15, -0.1) is 0 Å². The number of hydrogen-bond donors (Lipinski definition) is 2. The average Bonchev–Trinajstić information content (AvgIpc) is 2.86. The zero-order valence-corrected chi connectivity index (χ0v) is 14.7. The molecule has 136 valence electrons. The molecule has 3 amide bonds. The Kier molecular flexibility index (Phi) is 5.51. The van der Waals surface area contributed by atoms with Gasteiger partial charge >= 0.3 is 12.0 Å². The first-order chi connectivity index (χ1) is 11.7. The summed E-state index contributed by atoms with van der Waals surface area (Å²) in [4.78, 5) is 34.5. The number of benzene rings is 1. The van der Waals surface area contributed by atoms with Crippen molar-refractivity contribution in [3.8, 4) is 11.5 Å². The zero-order valence-electron chi connectivity index (χ0n) is 14.7. The Bertz CT molecular complexity index is 686. The van der Waals surface area contributed by atoms with Gasteiger partial charge in [0, 0.05) is 19.0 Å². The van der Waals surface area contributed by atoms with E-state index in [1.54, 1.807) is 6.07 Å². The van der Waals surface area contributed by atoms with Gasteiger partial charge in [-0.2, -0.15) is 0 Å². The van der Waals surface area contributed by atoms with Gasteiger partial charge in [0.2, 0.25) is 0 Å². The highest BCUT2D eigenvalue weighted by Gasteiger charge is 2.32. The minimum absolute atomic E-state index is 0.325. The molecular formula is C17H22N2O6. The van der Waals surface area contributed by atoms with Crippen LogP contribution in [0.15, 0.2) is 18.2 Å². The monoisotopic (exact) mass is 350 g/mol. The minimum Gasteiger partial charge on any atom is -0.483 e. The van der Waals surface area contributed by atoms with Crippen LogP contribution >= 0.6 is 0 Å². The van der Waals surface area contributed by atoms with Crippen LogP contribution in [0, 0.1) is 0 Å². The van der Waals surface area contributed by atoms with Crippen LogP contribution in [0.1, 0.15) is 26.3 Å². The summed E-state index contributed by atoms with van der Waals surface area (Å²) in [6.45, 7) is 4.93. The number of ether oxygens (including phenoxy) is 3. The number of rotatable bonds is 5. The molecule has 1 unspecified atom stereocenters. The van der Waals surface area contributed by atoms with Gasteiger partial charge in [-0.25, -0.2) is 9.59 Å². The van der Waals surface area contributed by atoms with Crippen LogP contribution in [0.4, 0.5) is 4.79 Å². The maximum atomic E-state index is 11.8. The summed E-state index contributed by atoms with van der Waals surface area (Å²) >= 11 is 0. The van der Waals surface area contributed by atoms with Gasteiger partial charge < -0.3 is 19.5 Å². The molecule has 2 rings (SSSR count). The van der Waals surface area contributed by atoms with Crippen molar-refractivity contribution in [2.24, 2.45) is 0 Å². The number of carbonyl (C=O) groups is 3. The van der Waals surface area contributed by atoms with E-state index in [0.29, 0.717) is 11.5 Å². The van der Waals surface area contributed by atoms with Gasteiger partial charge in [-0.05, 0) is 26.8 Å². The Hall–Kier alpha value is -2.77. The summed E-state index contributed by atoms with van der Waals surface area (Å²) in [5.41, 5.74) is 0.684. The van der Waals surface area contributed by atoms with Gasteiger partial charge in [-0.3, -0.25) is 10.1 Å². The summed E-state index contributed by atoms with van der Waals surface area (Å²) in [6.07, 6.45) is -0.370. The molecule has 0 aromatic heterocycles. The van der Waals surface area contributed by atoms with Gasteiger partial charge in [-0.1, -0.05) is 12.1 Å². The maximum Gasteiger partial charge on any atom is 0.344 e. The Balaban J connectivity index is 1.88. The lowest BCUT2D eigenvalue weighted by Crippen LogP contribution is -2.43. The maximum absolute atomic E-state index is 11.8. The van der Waals surface area contributed by atoms with Crippen LogP contribution in [0.2, 0.25) is 0 Å². The van der Waals surface area contributed by atoms with E-state index in [1.807, 2.05) is 31.3 Å². The number of imide groups is 1. The lowest BCUT2D eigenvalue weighted by atomic mass is 10.0. The van der Waals surface area contributed by atoms with E-state index in [0.717, 1.165) is 12.0 Å². The Labute approximate surface area is 145 Å². The number of hydrogen-bond acceptors (Lipinski definition) is 6. The highest BCUT2D eigenvalue weighted by molar-refractivity contribution is 5.97. The second-order valence-corrected chi connectivity index (χ2v) is 6.27. The number of fused-ring (bicyclic) bond motifs is 1. The molecular weight excluding hydrogens is 328 g/mol. The van der Waals surface area contributed by atoms with Crippen molar-refractivity contribution in [2.75, 3.05) is 13.7 Å². The standard InChI is InChI=1S/C17H22N2O6/c1-10(15(21)19-16(22)18-4)24-13(20)9-23-12-7-5-6-11-8-17(2,3)25-14(11)12/h5-7,10H,8-9H2,1-4H3,(H2,18,19,21,22). The van der Waals surface area contributed by atoms with Crippen LogP contribution in [0.3, 0.4) is 0 Å². The van der Waals surface area contributed by atoms with Crippen LogP contribution in [-0.2, 0) is 20.7 Å². The minimum atomic E-state index is -1.12. The van der Waals surface area contributed by atoms with E-state index in [-0.39, 0.29) is 12.2 Å². The number of para-hydroxylation sites is 1. The van der Waals surface area contributed by atoms with Crippen LogP contribution in [0.5, 0.6) is 11.5 Å². The summed E-state index contributed by atoms with van der Waals surface area (Å²) in [7, 11) is 1.37. The van der Waals surface area contributed by atoms with Crippen molar-refractivity contribution in [3.63, 3.8) is 0 Å². The molecule has 8 nitrogen and oxygen atoms in total. The van der Waals surface area contributed by atoms with Gasteiger partial charge in [0.1, 0.15) is 5.60 Å². The molecule has 0 spiro atoms. The first kappa shape index (κ1) is 18.6. The SMILES string of the molecule is CNC(=O)NC(=O)C(C)OC(=O)COc1cccc2c1OC(C)(C)C2. The summed E-state index contributed by atoms with van der Waals surface area (Å²) in [6, 6.07) is 4.79. The lowest BCUT2D eigenvalue weighted by Gasteiger charge is -2.18. The van der Waals surface area contributed by atoms with Crippen molar-refractivity contribution in [3.05, 3.63) is 23.8 Å². The second kappa shape index (κ2) is 7.42. The summed E-state index contributed by atoms with van der Waals surface area (Å²) < 4.78 is 16.3. The molecule has 1 aromatic rings. The third-order valence-electron chi connectivity index (χ3n) is 3.54. The summed E-state index contributed by atoms with van der Waals surface area (Å²) in [5.74, 6) is -0.388. The highest BCUT2D eigenvalue weighted by Crippen LogP contribution is 2.41. The summed E-state index contributed by atoms with van der Waals surface area (Å²) in [5, 5.41) is 4.26. The molecule has 8 heteroatoms. The molecule has 0 saturated heterocycles. The number of nitrogens with one attached hydrogen (secondary N) is 2. The average molecular weight is 350 g/mol. The van der Waals surface area contributed by atoms with Gasteiger partial charge in [0.25, 0.3) is 5.91 Å². The first-order valence-corrected chi connectivity index (χ1v) is 7.87. The van der Waals surface area contributed by atoms with Crippen molar-refractivity contribution >= 4 is 17.9 Å². The lowest BCUT2D eigenvalue weighted by molar-refractivity contribution is -0.156. The molecule has 1 atom stereocenters. The molecule has 0 saturated carbocycles. The highest BCUT2D eigenvalue weighted by atomic mass is 16.6. The molecule has 0 fully saturated rings. The smallest absolute Gasteiger partial charge is 0.344 e. The normalized spacial score (nSPS) is 15.4. The molecule has 2 N–H and O–H groups in total. The molecule has 0 bridgehead atoms. The topological polar surface area (TPSA) is 103 Å². The van der Waals surface area contributed by atoms with Crippen molar-refractivity contribution in [1.29, 1.82) is 0 Å². The quantitative estimate of drug-likeness (QED) is 0.773. The molecule has 1 aliphatic rings. The van der Waals surface area contributed by atoms with Crippen molar-refractivity contribution < 1.29 is 28.6 Å². The first-order valence-electron chi connectivity index (χ1n) is 7.87. The third-order valence-corrected chi connectivity index (χ3v) is 3.54. The fourth-order valence-electron chi connectivity index (χ4n) is 2.40. The van der Waals surface area contributed by atoms with Gasteiger partial charge in [0.15, 0.2) is 24.2 Å². The predicted molar refractivity (Wildman–Crippen MR) is 88.5 cm³/mol. The van der Waals surface area contributed by atoms with Crippen molar-refractivity contribution in [2.45, 2.75) is 38.9 Å². The molecule has 1 heterocycles. The van der Waals surface area contributed by atoms with E-state index in [4.69, 9.17) is 14.2 Å². The number of carbonyl (C=O) groups excluding carboxylic acids is 3. The molecule has 1 aromatic carbocycles.